The lowest BCUT2D eigenvalue weighted by Crippen LogP contribution is -2.31. The first-order valence-corrected chi connectivity index (χ1v) is 9.48. The highest BCUT2D eigenvalue weighted by Gasteiger charge is 2.28. The molecule has 0 aliphatic carbocycles. The summed E-state index contributed by atoms with van der Waals surface area (Å²) in [6.07, 6.45) is 4.13. The summed E-state index contributed by atoms with van der Waals surface area (Å²) in [6, 6.07) is 1.68. The summed E-state index contributed by atoms with van der Waals surface area (Å²) in [6.45, 7) is 1.25. The summed E-state index contributed by atoms with van der Waals surface area (Å²) >= 11 is 10.5. The SMILES string of the molecule is O=S(=O)(c1cc(CCl)sc1Br)N1CCCCCC1. The van der Waals surface area contributed by atoms with Gasteiger partial charge in [-0.25, -0.2) is 8.42 Å². The monoisotopic (exact) mass is 371 g/mol. The quantitative estimate of drug-likeness (QED) is 0.757. The normalized spacial score (nSPS) is 18.8. The molecule has 0 spiro atoms. The molecule has 1 aromatic rings. The van der Waals surface area contributed by atoms with Crippen LogP contribution in [0.4, 0.5) is 0 Å². The van der Waals surface area contributed by atoms with E-state index in [9.17, 15) is 8.42 Å². The third-order valence-corrected chi connectivity index (χ3v) is 7.62. The number of thiophene rings is 1. The van der Waals surface area contributed by atoms with E-state index in [0.717, 1.165) is 30.6 Å². The topological polar surface area (TPSA) is 37.4 Å². The summed E-state index contributed by atoms with van der Waals surface area (Å²) in [7, 11) is -3.37. The van der Waals surface area contributed by atoms with E-state index in [4.69, 9.17) is 11.6 Å². The molecule has 1 saturated heterocycles. The molecule has 0 atom stereocenters. The number of rotatable bonds is 3. The van der Waals surface area contributed by atoms with Crippen LogP contribution in [-0.2, 0) is 15.9 Å². The van der Waals surface area contributed by atoms with Crippen molar-refractivity contribution in [3.8, 4) is 0 Å². The Bertz CT molecular complexity index is 507. The molecular formula is C11H15BrClNO2S2. The molecule has 1 aromatic heterocycles. The van der Waals surface area contributed by atoms with E-state index >= 15 is 0 Å². The van der Waals surface area contributed by atoms with Gasteiger partial charge in [0.15, 0.2) is 0 Å². The second kappa shape index (κ2) is 6.22. The van der Waals surface area contributed by atoms with Crippen LogP contribution in [0.3, 0.4) is 0 Å². The minimum absolute atomic E-state index is 0.346. The van der Waals surface area contributed by atoms with E-state index in [1.807, 2.05) is 0 Å². The highest BCUT2D eigenvalue weighted by Crippen LogP contribution is 2.34. The third-order valence-electron chi connectivity index (χ3n) is 3.02. The van der Waals surface area contributed by atoms with Crippen molar-refractivity contribution in [2.45, 2.75) is 36.5 Å². The smallest absolute Gasteiger partial charge is 0.207 e. The fourth-order valence-electron chi connectivity index (χ4n) is 2.06. The molecule has 18 heavy (non-hydrogen) atoms. The molecule has 1 aliphatic heterocycles. The van der Waals surface area contributed by atoms with Gasteiger partial charge in [0.25, 0.3) is 0 Å². The Kier molecular flexibility index (Phi) is 5.11. The second-order valence-corrected chi connectivity index (χ2v) is 8.93. The largest absolute Gasteiger partial charge is 0.245 e. The van der Waals surface area contributed by atoms with Gasteiger partial charge in [0.05, 0.1) is 9.67 Å². The van der Waals surface area contributed by atoms with Crippen molar-refractivity contribution in [1.82, 2.24) is 4.31 Å². The Morgan fingerprint density at radius 1 is 1.28 bits per heavy atom. The maximum atomic E-state index is 12.5. The highest BCUT2D eigenvalue weighted by atomic mass is 79.9. The second-order valence-electron chi connectivity index (χ2n) is 4.30. The highest BCUT2D eigenvalue weighted by molar-refractivity contribution is 9.11. The van der Waals surface area contributed by atoms with E-state index in [-0.39, 0.29) is 0 Å². The van der Waals surface area contributed by atoms with Gasteiger partial charge in [-0.3, -0.25) is 0 Å². The summed E-state index contributed by atoms with van der Waals surface area (Å²) in [5.74, 6) is 0.346. The van der Waals surface area contributed by atoms with Crippen molar-refractivity contribution in [3.63, 3.8) is 0 Å². The molecule has 102 valence electrons. The predicted molar refractivity (Wildman–Crippen MR) is 78.8 cm³/mol. The average molecular weight is 373 g/mol. The molecule has 7 heteroatoms. The maximum absolute atomic E-state index is 12.5. The minimum atomic E-state index is -3.37. The van der Waals surface area contributed by atoms with E-state index < -0.39 is 10.0 Å². The molecule has 0 saturated carbocycles. The summed E-state index contributed by atoms with van der Waals surface area (Å²) in [5, 5.41) is 0. The van der Waals surface area contributed by atoms with Crippen LogP contribution in [0.5, 0.6) is 0 Å². The van der Waals surface area contributed by atoms with Crippen LogP contribution in [0, 0.1) is 0 Å². The van der Waals surface area contributed by atoms with Gasteiger partial charge in [-0.05, 0) is 34.8 Å². The van der Waals surface area contributed by atoms with Crippen LogP contribution in [-0.4, -0.2) is 25.8 Å². The molecule has 0 aromatic carbocycles. The maximum Gasteiger partial charge on any atom is 0.245 e. The average Bonchev–Trinajstić information content (AvgIpc) is 2.55. The lowest BCUT2D eigenvalue weighted by molar-refractivity contribution is 0.423. The molecule has 3 nitrogen and oxygen atoms in total. The predicted octanol–water partition coefficient (Wildman–Crippen LogP) is 3.81. The molecule has 0 bridgehead atoms. The Morgan fingerprint density at radius 2 is 1.89 bits per heavy atom. The lowest BCUT2D eigenvalue weighted by atomic mass is 10.2. The Balaban J connectivity index is 2.31. The zero-order valence-electron chi connectivity index (χ0n) is 9.86. The molecule has 2 heterocycles. The number of alkyl halides is 1. The van der Waals surface area contributed by atoms with Crippen molar-refractivity contribution in [2.24, 2.45) is 0 Å². The standard InChI is InChI=1S/C11H15BrClNO2S2/c12-11-10(7-9(8-13)17-11)18(15,16)14-5-3-1-2-4-6-14/h7H,1-6,8H2. The van der Waals surface area contributed by atoms with Crippen LogP contribution >= 0.6 is 38.9 Å². The number of sulfonamides is 1. The zero-order chi connectivity index (χ0) is 13.2. The number of nitrogens with zero attached hydrogens (tertiary/aromatic N) is 1. The summed E-state index contributed by atoms with van der Waals surface area (Å²) in [5.41, 5.74) is 0. The van der Waals surface area contributed by atoms with E-state index in [1.165, 1.54) is 11.3 Å². The number of halogens is 2. The van der Waals surface area contributed by atoms with Gasteiger partial charge in [0, 0.05) is 18.0 Å². The third kappa shape index (κ3) is 3.10. The van der Waals surface area contributed by atoms with Crippen LogP contribution in [0.1, 0.15) is 30.6 Å². The number of hydrogen-bond acceptors (Lipinski definition) is 3. The molecule has 0 amide bonds. The van der Waals surface area contributed by atoms with Gasteiger partial charge in [-0.2, -0.15) is 4.31 Å². The van der Waals surface area contributed by atoms with Crippen molar-refractivity contribution >= 4 is 48.9 Å². The first kappa shape index (κ1) is 14.8. The van der Waals surface area contributed by atoms with Gasteiger partial charge in [0.2, 0.25) is 10.0 Å². The minimum Gasteiger partial charge on any atom is -0.207 e. The van der Waals surface area contributed by atoms with Crippen molar-refractivity contribution in [3.05, 3.63) is 14.7 Å². The fraction of sp³-hybridized carbons (Fsp3) is 0.636. The summed E-state index contributed by atoms with van der Waals surface area (Å²) < 4.78 is 27.4. The van der Waals surface area contributed by atoms with Crippen LogP contribution < -0.4 is 0 Å². The molecule has 0 radical (unpaired) electrons. The van der Waals surface area contributed by atoms with E-state index in [2.05, 4.69) is 15.9 Å². The van der Waals surface area contributed by atoms with E-state index in [0.29, 0.717) is 27.7 Å². The molecule has 0 N–H and O–H groups in total. The first-order valence-electron chi connectivity index (χ1n) is 5.90. The Morgan fingerprint density at radius 3 is 2.39 bits per heavy atom. The van der Waals surface area contributed by atoms with Crippen LogP contribution in [0.15, 0.2) is 14.7 Å². The van der Waals surface area contributed by atoms with Gasteiger partial charge in [-0.15, -0.1) is 22.9 Å². The van der Waals surface area contributed by atoms with Gasteiger partial charge in [-0.1, -0.05) is 12.8 Å². The van der Waals surface area contributed by atoms with Crippen LogP contribution in [0.25, 0.3) is 0 Å². The Hall–Kier alpha value is 0.380. The fourth-order valence-corrected chi connectivity index (χ4v) is 6.30. The molecule has 2 rings (SSSR count). The Labute approximate surface area is 125 Å². The number of hydrogen-bond donors (Lipinski definition) is 0. The molecule has 1 aliphatic rings. The van der Waals surface area contributed by atoms with Crippen molar-refractivity contribution < 1.29 is 8.42 Å². The van der Waals surface area contributed by atoms with Crippen molar-refractivity contribution in [1.29, 1.82) is 0 Å². The van der Waals surface area contributed by atoms with E-state index in [1.54, 1.807) is 10.4 Å². The molecule has 0 unspecified atom stereocenters. The molecule has 1 fully saturated rings. The van der Waals surface area contributed by atoms with Crippen LogP contribution in [0.2, 0.25) is 0 Å². The zero-order valence-corrected chi connectivity index (χ0v) is 13.8. The van der Waals surface area contributed by atoms with Gasteiger partial charge in [0.1, 0.15) is 4.90 Å². The summed E-state index contributed by atoms with van der Waals surface area (Å²) in [4.78, 5) is 1.24. The van der Waals surface area contributed by atoms with Gasteiger partial charge >= 0.3 is 0 Å². The van der Waals surface area contributed by atoms with Gasteiger partial charge < -0.3 is 0 Å². The first-order chi connectivity index (χ1) is 8.55. The van der Waals surface area contributed by atoms with Crippen molar-refractivity contribution in [2.75, 3.05) is 13.1 Å². The lowest BCUT2D eigenvalue weighted by Gasteiger charge is -2.19. The molecular weight excluding hydrogens is 358 g/mol.